The maximum atomic E-state index is 12.0. The number of hydrogen-bond acceptors (Lipinski definition) is 2. The topological polar surface area (TPSA) is 33.2 Å². The lowest BCUT2D eigenvalue weighted by molar-refractivity contribution is -0.117. The molecule has 1 fully saturated rings. The van der Waals surface area contributed by atoms with Gasteiger partial charge in [-0.2, -0.15) is 0 Å². The van der Waals surface area contributed by atoms with E-state index in [4.69, 9.17) is 0 Å². The minimum absolute atomic E-state index is 0.0386. The Bertz CT molecular complexity index is 617. The van der Waals surface area contributed by atoms with Crippen LogP contribution in [0.15, 0.2) is 48.7 Å². The Kier molecular flexibility index (Phi) is 3.05. The standard InChI is InChI=1S/C17H18N2O/c1-17(2)10-16(20)19(12-17)15-9-8-14(11-18-15)13-6-4-3-5-7-13/h3-9,11H,10,12H2,1-2H3. The van der Waals surface area contributed by atoms with Gasteiger partial charge in [-0.1, -0.05) is 44.2 Å². The molecule has 3 nitrogen and oxygen atoms in total. The molecule has 0 spiro atoms. The van der Waals surface area contributed by atoms with Crippen LogP contribution in [0.3, 0.4) is 0 Å². The van der Waals surface area contributed by atoms with Crippen LogP contribution in [0.2, 0.25) is 0 Å². The molecule has 1 amide bonds. The summed E-state index contributed by atoms with van der Waals surface area (Å²) in [6.07, 6.45) is 2.43. The summed E-state index contributed by atoms with van der Waals surface area (Å²) >= 11 is 0. The van der Waals surface area contributed by atoms with Gasteiger partial charge in [0.25, 0.3) is 0 Å². The fourth-order valence-electron chi connectivity index (χ4n) is 2.63. The zero-order valence-electron chi connectivity index (χ0n) is 11.8. The first-order valence-electron chi connectivity index (χ1n) is 6.87. The van der Waals surface area contributed by atoms with Crippen LogP contribution in [0.25, 0.3) is 11.1 Å². The van der Waals surface area contributed by atoms with E-state index in [-0.39, 0.29) is 11.3 Å². The van der Waals surface area contributed by atoms with E-state index in [1.54, 1.807) is 4.90 Å². The van der Waals surface area contributed by atoms with E-state index in [0.717, 1.165) is 23.5 Å². The van der Waals surface area contributed by atoms with Crippen molar-refractivity contribution < 1.29 is 4.79 Å². The van der Waals surface area contributed by atoms with Crippen molar-refractivity contribution in [1.82, 2.24) is 4.98 Å². The third kappa shape index (κ3) is 2.44. The first-order chi connectivity index (χ1) is 9.55. The summed E-state index contributed by atoms with van der Waals surface area (Å²) in [4.78, 5) is 18.3. The highest BCUT2D eigenvalue weighted by molar-refractivity contribution is 5.95. The number of hydrogen-bond donors (Lipinski definition) is 0. The van der Waals surface area contributed by atoms with Crippen LogP contribution < -0.4 is 4.90 Å². The lowest BCUT2D eigenvalue weighted by Crippen LogP contribution is -2.26. The van der Waals surface area contributed by atoms with Gasteiger partial charge in [-0.25, -0.2) is 4.98 Å². The van der Waals surface area contributed by atoms with Gasteiger partial charge in [0, 0.05) is 24.7 Å². The monoisotopic (exact) mass is 266 g/mol. The van der Waals surface area contributed by atoms with Crippen LogP contribution >= 0.6 is 0 Å². The molecule has 0 atom stereocenters. The van der Waals surface area contributed by atoms with Crippen molar-refractivity contribution in [1.29, 1.82) is 0 Å². The zero-order chi connectivity index (χ0) is 14.2. The molecule has 2 heterocycles. The number of carbonyl (C=O) groups excluding carboxylic acids is 1. The Morgan fingerprint density at radius 2 is 1.80 bits per heavy atom. The number of rotatable bonds is 2. The third-order valence-corrected chi connectivity index (χ3v) is 3.65. The van der Waals surface area contributed by atoms with Crippen LogP contribution in [0.1, 0.15) is 20.3 Å². The summed E-state index contributed by atoms with van der Waals surface area (Å²) in [6.45, 7) is 4.97. The number of pyridine rings is 1. The molecular weight excluding hydrogens is 248 g/mol. The van der Waals surface area contributed by atoms with Gasteiger partial charge in [-0.3, -0.25) is 9.69 Å². The SMILES string of the molecule is CC1(C)CC(=O)N(c2ccc(-c3ccccc3)cn2)C1. The molecule has 102 valence electrons. The van der Waals surface area contributed by atoms with Crippen molar-refractivity contribution >= 4 is 11.7 Å². The van der Waals surface area contributed by atoms with E-state index in [0.29, 0.717) is 6.42 Å². The lowest BCUT2D eigenvalue weighted by Gasteiger charge is -2.18. The fourth-order valence-corrected chi connectivity index (χ4v) is 2.63. The molecule has 0 saturated carbocycles. The molecule has 1 saturated heterocycles. The van der Waals surface area contributed by atoms with Crippen LogP contribution in [0, 0.1) is 5.41 Å². The molecule has 0 bridgehead atoms. The highest BCUT2D eigenvalue weighted by Crippen LogP contribution is 2.33. The molecule has 1 aliphatic heterocycles. The number of anilines is 1. The maximum Gasteiger partial charge on any atom is 0.228 e. The zero-order valence-corrected chi connectivity index (χ0v) is 11.8. The van der Waals surface area contributed by atoms with Crippen LogP contribution in [-0.4, -0.2) is 17.4 Å². The highest BCUT2D eigenvalue weighted by atomic mass is 16.2. The van der Waals surface area contributed by atoms with Crippen LogP contribution in [-0.2, 0) is 4.79 Å². The van der Waals surface area contributed by atoms with Crippen molar-refractivity contribution in [3.8, 4) is 11.1 Å². The van der Waals surface area contributed by atoms with Gasteiger partial charge in [-0.05, 0) is 23.1 Å². The largest absolute Gasteiger partial charge is 0.296 e. The van der Waals surface area contributed by atoms with E-state index in [2.05, 4.69) is 31.0 Å². The summed E-state index contributed by atoms with van der Waals surface area (Å²) in [7, 11) is 0. The molecule has 3 rings (SSSR count). The van der Waals surface area contributed by atoms with E-state index in [1.807, 2.05) is 36.5 Å². The Labute approximate surface area is 119 Å². The summed E-state index contributed by atoms with van der Waals surface area (Å²) in [5.41, 5.74) is 2.25. The molecule has 1 aromatic carbocycles. The molecule has 20 heavy (non-hydrogen) atoms. The van der Waals surface area contributed by atoms with Gasteiger partial charge in [0.1, 0.15) is 5.82 Å². The Hall–Kier alpha value is -2.16. The summed E-state index contributed by atoms with van der Waals surface area (Å²) in [6, 6.07) is 14.1. The minimum Gasteiger partial charge on any atom is -0.296 e. The van der Waals surface area contributed by atoms with E-state index in [1.165, 1.54) is 0 Å². The average Bonchev–Trinajstić information content (AvgIpc) is 2.73. The van der Waals surface area contributed by atoms with Gasteiger partial charge in [-0.15, -0.1) is 0 Å². The lowest BCUT2D eigenvalue weighted by atomic mass is 9.93. The second-order valence-corrected chi connectivity index (χ2v) is 6.09. The molecule has 0 unspecified atom stereocenters. The molecular formula is C17H18N2O. The molecule has 1 aromatic heterocycles. The number of carbonyl (C=O) groups is 1. The molecule has 2 aromatic rings. The molecule has 1 aliphatic rings. The first kappa shape index (κ1) is 12.9. The first-order valence-corrected chi connectivity index (χ1v) is 6.87. The smallest absolute Gasteiger partial charge is 0.228 e. The summed E-state index contributed by atoms with van der Waals surface area (Å²) in [5.74, 6) is 0.912. The van der Waals surface area contributed by atoms with Gasteiger partial charge in [0.15, 0.2) is 0 Å². The van der Waals surface area contributed by atoms with Crippen molar-refractivity contribution in [2.75, 3.05) is 11.4 Å². The molecule has 0 aliphatic carbocycles. The van der Waals surface area contributed by atoms with Crippen molar-refractivity contribution in [3.63, 3.8) is 0 Å². The third-order valence-electron chi connectivity index (χ3n) is 3.65. The van der Waals surface area contributed by atoms with Gasteiger partial charge >= 0.3 is 0 Å². The number of aromatic nitrogens is 1. The molecule has 3 heteroatoms. The van der Waals surface area contributed by atoms with Crippen molar-refractivity contribution in [2.24, 2.45) is 5.41 Å². The fraction of sp³-hybridized carbons (Fsp3) is 0.294. The molecule has 0 N–H and O–H groups in total. The number of nitrogens with zero attached hydrogens (tertiary/aromatic N) is 2. The number of amides is 1. The number of benzene rings is 1. The van der Waals surface area contributed by atoms with E-state index < -0.39 is 0 Å². The van der Waals surface area contributed by atoms with E-state index >= 15 is 0 Å². The summed E-state index contributed by atoms with van der Waals surface area (Å²) < 4.78 is 0. The predicted octanol–water partition coefficient (Wildman–Crippen LogP) is 3.51. The second-order valence-electron chi connectivity index (χ2n) is 6.09. The van der Waals surface area contributed by atoms with Gasteiger partial charge in [0.2, 0.25) is 5.91 Å². The predicted molar refractivity (Wildman–Crippen MR) is 80.4 cm³/mol. The van der Waals surface area contributed by atoms with Crippen molar-refractivity contribution in [3.05, 3.63) is 48.7 Å². The summed E-state index contributed by atoms with van der Waals surface area (Å²) in [5, 5.41) is 0. The maximum absolute atomic E-state index is 12.0. The Balaban J connectivity index is 1.86. The minimum atomic E-state index is 0.0386. The van der Waals surface area contributed by atoms with Crippen molar-refractivity contribution in [2.45, 2.75) is 20.3 Å². The van der Waals surface area contributed by atoms with Crippen LogP contribution in [0.5, 0.6) is 0 Å². The Morgan fingerprint density at radius 1 is 1.05 bits per heavy atom. The molecule has 0 radical (unpaired) electrons. The van der Waals surface area contributed by atoms with E-state index in [9.17, 15) is 4.79 Å². The van der Waals surface area contributed by atoms with Gasteiger partial charge < -0.3 is 0 Å². The quantitative estimate of drug-likeness (QED) is 0.833. The normalized spacial score (nSPS) is 17.5. The Morgan fingerprint density at radius 3 is 2.35 bits per heavy atom. The second kappa shape index (κ2) is 4.75. The highest BCUT2D eigenvalue weighted by Gasteiger charge is 2.36. The average molecular weight is 266 g/mol. The van der Waals surface area contributed by atoms with Crippen LogP contribution in [0.4, 0.5) is 5.82 Å². The van der Waals surface area contributed by atoms with Gasteiger partial charge in [0.05, 0.1) is 0 Å².